The Hall–Kier alpha value is -0.910. The average Bonchev–Trinajstić information content (AvgIpc) is 2.29. The Labute approximate surface area is 102 Å². The Balaban J connectivity index is 2.97. The van der Waals surface area contributed by atoms with Crippen molar-refractivity contribution in [1.29, 1.82) is 0 Å². The Kier molecular flexibility index (Phi) is 4.92. The van der Waals surface area contributed by atoms with Crippen LogP contribution in [-0.2, 0) is 0 Å². The van der Waals surface area contributed by atoms with Gasteiger partial charge in [-0.15, -0.1) is 0 Å². The van der Waals surface area contributed by atoms with Crippen molar-refractivity contribution in [3.05, 3.63) is 29.3 Å². The summed E-state index contributed by atoms with van der Waals surface area (Å²) in [5, 5.41) is 29.4. The Bertz CT molecular complexity index is 367. The molecule has 0 aliphatic rings. The minimum Gasteiger partial charge on any atom is -0.508 e. The molecule has 0 spiro atoms. The third-order valence-corrected chi connectivity index (χ3v) is 2.73. The van der Waals surface area contributed by atoms with Crippen LogP contribution in [0.15, 0.2) is 18.2 Å². The molecule has 88 valence electrons. The Morgan fingerprint density at radius 1 is 1.38 bits per heavy atom. The number of hydrogen-bond donors (Lipinski definition) is 3. The number of aromatic hydroxyl groups is 1. The maximum atomic E-state index is 10.6. The molecule has 3 N–H and O–H groups in total. The standard InChI is InChI=1S/C11H13BrO4/c12-4-3-10(15)11(16)8-5-7(6-13)1-2-9(8)14/h1-2,5-6,10-11,14-16H,3-4H2. The topological polar surface area (TPSA) is 77.8 Å². The molecule has 0 aliphatic heterocycles. The van der Waals surface area contributed by atoms with E-state index in [1.54, 1.807) is 0 Å². The lowest BCUT2D eigenvalue weighted by Crippen LogP contribution is -2.18. The predicted molar refractivity (Wildman–Crippen MR) is 62.9 cm³/mol. The van der Waals surface area contributed by atoms with Crippen molar-refractivity contribution in [3.63, 3.8) is 0 Å². The molecule has 1 aromatic carbocycles. The van der Waals surface area contributed by atoms with Gasteiger partial charge >= 0.3 is 0 Å². The normalized spacial score (nSPS) is 14.4. The number of alkyl halides is 1. The molecule has 0 saturated heterocycles. The van der Waals surface area contributed by atoms with Crippen molar-refractivity contribution >= 4 is 22.2 Å². The lowest BCUT2D eigenvalue weighted by Gasteiger charge is -2.18. The molecule has 0 aromatic heterocycles. The molecule has 0 heterocycles. The molecule has 0 radical (unpaired) electrons. The van der Waals surface area contributed by atoms with Crippen LogP contribution in [0.5, 0.6) is 5.75 Å². The van der Waals surface area contributed by atoms with Gasteiger partial charge in [-0.2, -0.15) is 0 Å². The highest BCUT2D eigenvalue weighted by atomic mass is 79.9. The van der Waals surface area contributed by atoms with Crippen molar-refractivity contribution in [2.75, 3.05) is 5.33 Å². The van der Waals surface area contributed by atoms with Gasteiger partial charge in [0.2, 0.25) is 0 Å². The fourth-order valence-electron chi connectivity index (χ4n) is 1.36. The quantitative estimate of drug-likeness (QED) is 0.565. The summed E-state index contributed by atoms with van der Waals surface area (Å²) in [5.74, 6) is -0.133. The second-order valence-electron chi connectivity index (χ2n) is 3.43. The van der Waals surface area contributed by atoms with E-state index in [-0.39, 0.29) is 11.3 Å². The fraction of sp³-hybridized carbons (Fsp3) is 0.364. The molecule has 2 atom stereocenters. The molecule has 4 nitrogen and oxygen atoms in total. The first-order chi connectivity index (χ1) is 7.60. The van der Waals surface area contributed by atoms with Gasteiger partial charge in [-0.25, -0.2) is 0 Å². The van der Waals surface area contributed by atoms with Gasteiger partial charge in [0.05, 0.1) is 6.10 Å². The first kappa shape index (κ1) is 13.2. The van der Waals surface area contributed by atoms with E-state index in [1.165, 1.54) is 18.2 Å². The van der Waals surface area contributed by atoms with Crippen LogP contribution in [0.25, 0.3) is 0 Å². The van der Waals surface area contributed by atoms with Crippen molar-refractivity contribution in [2.24, 2.45) is 0 Å². The number of aliphatic hydroxyl groups is 2. The summed E-state index contributed by atoms with van der Waals surface area (Å²) in [4.78, 5) is 10.6. The van der Waals surface area contributed by atoms with Gasteiger partial charge in [-0.1, -0.05) is 15.9 Å². The van der Waals surface area contributed by atoms with Gasteiger partial charge in [0.25, 0.3) is 0 Å². The molecule has 0 aliphatic carbocycles. The van der Waals surface area contributed by atoms with Crippen molar-refractivity contribution in [2.45, 2.75) is 18.6 Å². The molecular weight excluding hydrogens is 276 g/mol. The zero-order valence-electron chi connectivity index (χ0n) is 8.51. The van der Waals surface area contributed by atoms with Crippen LogP contribution in [0.3, 0.4) is 0 Å². The van der Waals surface area contributed by atoms with E-state index in [1.807, 2.05) is 0 Å². The van der Waals surface area contributed by atoms with Crippen LogP contribution in [0.1, 0.15) is 28.4 Å². The summed E-state index contributed by atoms with van der Waals surface area (Å²) >= 11 is 3.15. The summed E-state index contributed by atoms with van der Waals surface area (Å²) < 4.78 is 0. The highest BCUT2D eigenvalue weighted by Crippen LogP contribution is 2.28. The fourth-order valence-corrected chi connectivity index (χ4v) is 1.83. The lowest BCUT2D eigenvalue weighted by atomic mass is 10.00. The molecule has 0 bridgehead atoms. The number of aliphatic hydroxyl groups excluding tert-OH is 2. The monoisotopic (exact) mass is 288 g/mol. The third-order valence-electron chi connectivity index (χ3n) is 2.28. The summed E-state index contributed by atoms with van der Waals surface area (Å²) in [6.45, 7) is 0. The number of rotatable bonds is 5. The number of phenolic OH excluding ortho intramolecular Hbond substituents is 1. The van der Waals surface area contributed by atoms with Crippen LogP contribution < -0.4 is 0 Å². The SMILES string of the molecule is O=Cc1ccc(O)c(C(O)C(O)CCBr)c1. The molecule has 1 rings (SSSR count). The van der Waals surface area contributed by atoms with E-state index in [0.717, 1.165) is 0 Å². The van der Waals surface area contributed by atoms with Crippen LogP contribution in [0.2, 0.25) is 0 Å². The minimum absolute atomic E-state index is 0.133. The van der Waals surface area contributed by atoms with E-state index in [0.29, 0.717) is 23.6 Å². The van der Waals surface area contributed by atoms with E-state index >= 15 is 0 Å². The smallest absolute Gasteiger partial charge is 0.150 e. The molecule has 5 heteroatoms. The molecule has 0 saturated carbocycles. The average molecular weight is 289 g/mol. The maximum Gasteiger partial charge on any atom is 0.150 e. The van der Waals surface area contributed by atoms with Gasteiger partial charge in [0.1, 0.15) is 18.1 Å². The number of phenols is 1. The Morgan fingerprint density at radius 2 is 2.06 bits per heavy atom. The zero-order chi connectivity index (χ0) is 12.1. The number of carbonyl (C=O) groups excluding carboxylic acids is 1. The number of halogens is 1. The van der Waals surface area contributed by atoms with E-state index in [4.69, 9.17) is 0 Å². The van der Waals surface area contributed by atoms with Gasteiger partial charge in [-0.3, -0.25) is 4.79 Å². The largest absolute Gasteiger partial charge is 0.508 e. The van der Waals surface area contributed by atoms with Crippen LogP contribution in [0, 0.1) is 0 Å². The van der Waals surface area contributed by atoms with E-state index in [2.05, 4.69) is 15.9 Å². The first-order valence-corrected chi connectivity index (χ1v) is 5.92. The predicted octanol–water partition coefficient (Wildman–Crippen LogP) is 1.38. The van der Waals surface area contributed by atoms with Crippen LogP contribution in [0.4, 0.5) is 0 Å². The highest BCUT2D eigenvalue weighted by molar-refractivity contribution is 9.09. The first-order valence-electron chi connectivity index (χ1n) is 4.80. The van der Waals surface area contributed by atoms with Crippen LogP contribution in [-0.4, -0.2) is 33.0 Å². The Morgan fingerprint density at radius 3 is 2.62 bits per heavy atom. The van der Waals surface area contributed by atoms with E-state index in [9.17, 15) is 20.1 Å². The molecule has 0 fully saturated rings. The minimum atomic E-state index is -1.20. The lowest BCUT2D eigenvalue weighted by molar-refractivity contribution is 0.0160. The summed E-state index contributed by atoms with van der Waals surface area (Å²) in [7, 11) is 0. The second-order valence-corrected chi connectivity index (χ2v) is 4.22. The number of benzene rings is 1. The number of hydrogen-bond acceptors (Lipinski definition) is 4. The molecule has 1 aromatic rings. The van der Waals surface area contributed by atoms with Crippen LogP contribution >= 0.6 is 15.9 Å². The molecular formula is C11H13BrO4. The maximum absolute atomic E-state index is 10.6. The highest BCUT2D eigenvalue weighted by Gasteiger charge is 2.20. The van der Waals surface area contributed by atoms with Gasteiger partial charge in [0.15, 0.2) is 0 Å². The summed E-state index contributed by atoms with van der Waals surface area (Å²) in [6, 6.07) is 4.13. The molecule has 2 unspecified atom stereocenters. The molecule has 0 amide bonds. The zero-order valence-corrected chi connectivity index (χ0v) is 10.1. The third kappa shape index (κ3) is 3.04. The summed E-state index contributed by atoms with van der Waals surface area (Å²) in [6.07, 6.45) is -1.21. The van der Waals surface area contributed by atoms with Crippen molar-refractivity contribution < 1.29 is 20.1 Å². The number of aldehydes is 1. The number of carbonyl (C=O) groups is 1. The van der Waals surface area contributed by atoms with Gasteiger partial charge in [-0.05, 0) is 24.6 Å². The van der Waals surface area contributed by atoms with Crippen molar-refractivity contribution in [3.8, 4) is 5.75 Å². The van der Waals surface area contributed by atoms with E-state index < -0.39 is 12.2 Å². The van der Waals surface area contributed by atoms with Gasteiger partial charge in [0, 0.05) is 16.5 Å². The molecule has 16 heavy (non-hydrogen) atoms. The van der Waals surface area contributed by atoms with Crippen molar-refractivity contribution in [1.82, 2.24) is 0 Å². The van der Waals surface area contributed by atoms with Gasteiger partial charge < -0.3 is 15.3 Å². The second kappa shape index (κ2) is 5.98. The summed E-state index contributed by atoms with van der Waals surface area (Å²) in [5.41, 5.74) is 0.510.